The average molecular weight is 487 g/mol. The number of carbonyl (C=O) groups is 1. The Balaban J connectivity index is 1.15. The number of aromatic nitrogens is 2. The normalized spacial score (nSPS) is 28.9. The molecule has 2 saturated heterocycles. The van der Waals surface area contributed by atoms with Crippen molar-refractivity contribution in [3.8, 4) is 0 Å². The molecule has 2 aromatic heterocycles. The number of ether oxygens (including phenoxy) is 1. The highest BCUT2D eigenvalue weighted by Crippen LogP contribution is 2.47. The maximum Gasteiger partial charge on any atom is 0.229 e. The quantitative estimate of drug-likeness (QED) is 0.567. The zero-order valence-corrected chi connectivity index (χ0v) is 21.0. The van der Waals surface area contributed by atoms with E-state index in [0.717, 1.165) is 48.8 Å². The number of anilines is 1. The maximum atomic E-state index is 12.8. The molecule has 4 unspecified atom stereocenters. The SMILES string of the molecule is Cc1cc2cnc(NC(=O)C3CC3c3ccccn3)cc2cc1C1CCN(C2(C)COCC2O)CC1. The van der Waals surface area contributed by atoms with Crippen LogP contribution in [0.4, 0.5) is 5.82 Å². The molecule has 1 amide bonds. The number of piperidine rings is 1. The number of carbonyl (C=O) groups excluding carboxylic acids is 1. The van der Waals surface area contributed by atoms with E-state index in [9.17, 15) is 9.90 Å². The Morgan fingerprint density at radius 3 is 2.72 bits per heavy atom. The van der Waals surface area contributed by atoms with Gasteiger partial charge in [0, 0.05) is 35.3 Å². The fourth-order valence-corrected chi connectivity index (χ4v) is 6.12. The van der Waals surface area contributed by atoms with Gasteiger partial charge in [0.05, 0.1) is 24.9 Å². The lowest BCUT2D eigenvalue weighted by molar-refractivity contribution is -0.117. The number of benzene rings is 1. The van der Waals surface area contributed by atoms with Crippen LogP contribution in [0.3, 0.4) is 0 Å². The number of aliphatic hydroxyl groups is 1. The van der Waals surface area contributed by atoms with Gasteiger partial charge in [-0.25, -0.2) is 4.98 Å². The number of hydrogen-bond acceptors (Lipinski definition) is 6. The number of rotatable bonds is 5. The molecule has 0 spiro atoms. The number of pyridine rings is 2. The third-order valence-electron chi connectivity index (χ3n) is 8.60. The first kappa shape index (κ1) is 23.5. The van der Waals surface area contributed by atoms with Crippen molar-refractivity contribution in [2.24, 2.45) is 5.92 Å². The summed E-state index contributed by atoms with van der Waals surface area (Å²) in [5.41, 5.74) is 3.36. The molecule has 0 radical (unpaired) electrons. The van der Waals surface area contributed by atoms with Crippen LogP contribution in [0.5, 0.6) is 0 Å². The van der Waals surface area contributed by atoms with Gasteiger partial charge < -0.3 is 15.2 Å². The summed E-state index contributed by atoms with van der Waals surface area (Å²) < 4.78 is 5.56. The number of nitrogens with zero attached hydrogens (tertiary/aromatic N) is 3. The first-order valence-corrected chi connectivity index (χ1v) is 13.1. The van der Waals surface area contributed by atoms with Crippen LogP contribution < -0.4 is 5.32 Å². The number of fused-ring (bicyclic) bond motifs is 1. The summed E-state index contributed by atoms with van der Waals surface area (Å²) in [5.74, 6) is 1.26. The molecule has 7 nitrogen and oxygen atoms in total. The molecule has 36 heavy (non-hydrogen) atoms. The second-order valence-electron chi connectivity index (χ2n) is 11.0. The summed E-state index contributed by atoms with van der Waals surface area (Å²) in [6.45, 7) is 7.23. The first-order valence-electron chi connectivity index (χ1n) is 13.1. The Hall–Kier alpha value is -2.87. The van der Waals surface area contributed by atoms with Gasteiger partial charge in [0.25, 0.3) is 0 Å². The van der Waals surface area contributed by atoms with Gasteiger partial charge in [0.2, 0.25) is 5.91 Å². The fourth-order valence-electron chi connectivity index (χ4n) is 6.12. The smallest absolute Gasteiger partial charge is 0.229 e. The molecule has 1 aromatic carbocycles. The van der Waals surface area contributed by atoms with Gasteiger partial charge in [-0.2, -0.15) is 0 Å². The highest BCUT2D eigenvalue weighted by molar-refractivity contribution is 5.96. The second kappa shape index (κ2) is 9.21. The highest BCUT2D eigenvalue weighted by atomic mass is 16.5. The molecule has 0 bridgehead atoms. The van der Waals surface area contributed by atoms with Crippen molar-refractivity contribution in [1.82, 2.24) is 14.9 Å². The molecule has 3 aromatic rings. The zero-order chi connectivity index (χ0) is 24.9. The predicted molar refractivity (Wildman–Crippen MR) is 139 cm³/mol. The van der Waals surface area contributed by atoms with E-state index in [-0.39, 0.29) is 23.3 Å². The van der Waals surface area contributed by atoms with Crippen molar-refractivity contribution in [2.45, 2.75) is 56.6 Å². The third-order valence-corrected chi connectivity index (χ3v) is 8.60. The van der Waals surface area contributed by atoms with E-state index >= 15 is 0 Å². The Kier molecular flexibility index (Phi) is 6.02. The van der Waals surface area contributed by atoms with Crippen LogP contribution >= 0.6 is 0 Å². The number of likely N-dealkylation sites (tertiary alicyclic amines) is 1. The minimum absolute atomic E-state index is 0.0174. The first-order chi connectivity index (χ1) is 17.4. The van der Waals surface area contributed by atoms with E-state index in [4.69, 9.17) is 4.74 Å². The molecule has 4 atom stereocenters. The Morgan fingerprint density at radius 2 is 2.00 bits per heavy atom. The molecule has 1 saturated carbocycles. The minimum atomic E-state index is -0.424. The zero-order valence-electron chi connectivity index (χ0n) is 21.0. The second-order valence-corrected chi connectivity index (χ2v) is 11.0. The molecule has 2 N–H and O–H groups in total. The van der Waals surface area contributed by atoms with E-state index in [1.807, 2.05) is 30.5 Å². The molecule has 6 rings (SSSR count). The average Bonchev–Trinajstić information content (AvgIpc) is 3.63. The van der Waals surface area contributed by atoms with E-state index in [1.165, 1.54) is 11.1 Å². The highest BCUT2D eigenvalue weighted by Gasteiger charge is 2.46. The van der Waals surface area contributed by atoms with E-state index in [2.05, 4.69) is 46.2 Å². The van der Waals surface area contributed by atoms with Crippen molar-refractivity contribution >= 4 is 22.5 Å². The number of aliphatic hydroxyl groups excluding tert-OH is 1. The lowest BCUT2D eigenvalue weighted by atomic mass is 9.83. The van der Waals surface area contributed by atoms with E-state index in [0.29, 0.717) is 24.9 Å². The van der Waals surface area contributed by atoms with Crippen LogP contribution in [0.25, 0.3) is 10.8 Å². The Bertz CT molecular complexity index is 1270. The van der Waals surface area contributed by atoms with Crippen LogP contribution in [0.2, 0.25) is 0 Å². The van der Waals surface area contributed by atoms with Crippen molar-refractivity contribution < 1.29 is 14.6 Å². The van der Waals surface area contributed by atoms with Crippen LogP contribution in [0.15, 0.2) is 48.8 Å². The number of hydrogen-bond donors (Lipinski definition) is 2. The maximum absolute atomic E-state index is 12.8. The fraction of sp³-hybridized carbons (Fsp3) is 0.483. The monoisotopic (exact) mass is 486 g/mol. The molecule has 2 aliphatic heterocycles. The van der Waals surface area contributed by atoms with Gasteiger partial charge >= 0.3 is 0 Å². The molecule has 3 aliphatic rings. The molecule has 188 valence electrons. The summed E-state index contributed by atoms with van der Waals surface area (Å²) in [5, 5.41) is 15.7. The molecular formula is C29H34N4O3. The Morgan fingerprint density at radius 1 is 1.17 bits per heavy atom. The van der Waals surface area contributed by atoms with Gasteiger partial charge in [-0.3, -0.25) is 14.7 Å². The van der Waals surface area contributed by atoms with Crippen LogP contribution in [0, 0.1) is 12.8 Å². The van der Waals surface area contributed by atoms with Gasteiger partial charge in [-0.1, -0.05) is 12.1 Å². The predicted octanol–water partition coefficient (Wildman–Crippen LogP) is 4.01. The van der Waals surface area contributed by atoms with E-state index in [1.54, 1.807) is 6.20 Å². The van der Waals surface area contributed by atoms with E-state index < -0.39 is 6.10 Å². The Labute approximate surface area is 211 Å². The topological polar surface area (TPSA) is 87.6 Å². The lowest BCUT2D eigenvalue weighted by Crippen LogP contribution is -2.56. The summed E-state index contributed by atoms with van der Waals surface area (Å²) in [4.78, 5) is 24.2. The summed E-state index contributed by atoms with van der Waals surface area (Å²) in [6, 6.07) is 12.3. The number of amides is 1. The van der Waals surface area contributed by atoms with Crippen molar-refractivity contribution in [1.29, 1.82) is 0 Å². The summed E-state index contributed by atoms with van der Waals surface area (Å²) >= 11 is 0. The third kappa shape index (κ3) is 4.29. The van der Waals surface area contributed by atoms with Gasteiger partial charge in [0.15, 0.2) is 0 Å². The van der Waals surface area contributed by atoms with Crippen molar-refractivity contribution in [3.05, 3.63) is 65.6 Å². The minimum Gasteiger partial charge on any atom is -0.389 e. The number of aryl methyl sites for hydroxylation is 1. The van der Waals surface area contributed by atoms with Gasteiger partial charge in [-0.05, 0) is 92.9 Å². The van der Waals surface area contributed by atoms with Gasteiger partial charge in [0.1, 0.15) is 5.82 Å². The van der Waals surface area contributed by atoms with Gasteiger partial charge in [-0.15, -0.1) is 0 Å². The van der Waals surface area contributed by atoms with Crippen LogP contribution in [-0.2, 0) is 9.53 Å². The summed E-state index contributed by atoms with van der Waals surface area (Å²) in [6.07, 6.45) is 6.16. The molecule has 1 aliphatic carbocycles. The summed E-state index contributed by atoms with van der Waals surface area (Å²) in [7, 11) is 0. The standard InChI is InChI=1S/C29H34N4O3/c1-18-11-21-15-31-27(32-28(35)24-14-23(24)25-5-3-4-8-30-25)13-20(21)12-22(18)19-6-9-33(10-7-19)29(2)17-36-16-26(29)34/h3-5,8,11-13,15,19,23-24,26,34H,6-7,9-10,14,16-17H2,1-2H3,(H,31,32,35). The van der Waals surface area contributed by atoms with Crippen LogP contribution in [-0.4, -0.2) is 63.8 Å². The number of nitrogens with one attached hydrogen (secondary N) is 1. The van der Waals surface area contributed by atoms with Crippen molar-refractivity contribution in [2.75, 3.05) is 31.6 Å². The molecule has 4 heterocycles. The molecule has 3 fully saturated rings. The largest absolute Gasteiger partial charge is 0.389 e. The lowest BCUT2D eigenvalue weighted by Gasteiger charge is -2.44. The molecular weight excluding hydrogens is 452 g/mol. The van der Waals surface area contributed by atoms with Crippen molar-refractivity contribution in [3.63, 3.8) is 0 Å². The molecule has 7 heteroatoms. The van der Waals surface area contributed by atoms with Crippen LogP contribution in [0.1, 0.15) is 54.8 Å².